The number of carbonyl (C=O) groups is 1. The number of carbonyl (C=O) groups excluding carboxylic acids is 1. The first-order valence-corrected chi connectivity index (χ1v) is 8.31. The molecule has 2 aromatic rings. The Labute approximate surface area is 147 Å². The number of nitrogens with zero attached hydrogens (tertiary/aromatic N) is 3. The van der Waals surface area contributed by atoms with Gasteiger partial charge in [-0.15, -0.1) is 0 Å². The summed E-state index contributed by atoms with van der Waals surface area (Å²) in [6.45, 7) is 3.10. The van der Waals surface area contributed by atoms with Gasteiger partial charge in [-0.1, -0.05) is 12.1 Å². The minimum Gasteiger partial charge on any atom is -0.495 e. The van der Waals surface area contributed by atoms with E-state index in [-0.39, 0.29) is 12.1 Å². The number of methoxy groups -OCH3 is 1. The number of urea groups is 1. The van der Waals surface area contributed by atoms with Crippen molar-refractivity contribution < 1.29 is 14.3 Å². The molecule has 2 heterocycles. The number of aromatic nitrogens is 2. The Morgan fingerprint density at radius 2 is 2.00 bits per heavy atom. The van der Waals surface area contributed by atoms with Crippen molar-refractivity contribution in [1.82, 2.24) is 14.9 Å². The molecule has 0 unspecified atom stereocenters. The molecule has 1 aromatic heterocycles. The fraction of sp³-hybridized carbons (Fsp3) is 0.389. The van der Waals surface area contributed by atoms with E-state index in [1.807, 2.05) is 31.2 Å². The zero-order chi connectivity index (χ0) is 17.6. The zero-order valence-corrected chi connectivity index (χ0v) is 14.4. The summed E-state index contributed by atoms with van der Waals surface area (Å²) in [5, 5.41) is 2.90. The van der Waals surface area contributed by atoms with Crippen molar-refractivity contribution in [1.29, 1.82) is 0 Å². The molecule has 0 aliphatic carbocycles. The van der Waals surface area contributed by atoms with E-state index in [1.165, 1.54) is 0 Å². The zero-order valence-electron chi connectivity index (χ0n) is 14.4. The van der Waals surface area contributed by atoms with Gasteiger partial charge in [-0.2, -0.15) is 4.98 Å². The monoisotopic (exact) mass is 342 g/mol. The third-order valence-electron chi connectivity index (χ3n) is 4.12. The molecule has 2 amide bonds. The van der Waals surface area contributed by atoms with E-state index in [0.29, 0.717) is 36.2 Å². The Kier molecular flexibility index (Phi) is 5.33. The predicted molar refractivity (Wildman–Crippen MR) is 94.0 cm³/mol. The van der Waals surface area contributed by atoms with Crippen LogP contribution in [0.5, 0.6) is 11.6 Å². The molecular weight excluding hydrogens is 320 g/mol. The highest BCUT2D eigenvalue weighted by molar-refractivity contribution is 5.91. The van der Waals surface area contributed by atoms with Gasteiger partial charge < -0.3 is 19.7 Å². The van der Waals surface area contributed by atoms with Crippen molar-refractivity contribution in [2.24, 2.45) is 0 Å². The summed E-state index contributed by atoms with van der Waals surface area (Å²) < 4.78 is 11.2. The van der Waals surface area contributed by atoms with Gasteiger partial charge in [-0.25, -0.2) is 9.78 Å². The summed E-state index contributed by atoms with van der Waals surface area (Å²) in [5.74, 6) is 1.92. The van der Waals surface area contributed by atoms with Crippen molar-refractivity contribution in [3.63, 3.8) is 0 Å². The van der Waals surface area contributed by atoms with Gasteiger partial charge in [0.05, 0.1) is 12.8 Å². The summed E-state index contributed by atoms with van der Waals surface area (Å²) in [6, 6.07) is 9.01. The van der Waals surface area contributed by atoms with Crippen LogP contribution < -0.4 is 14.8 Å². The molecule has 1 fully saturated rings. The van der Waals surface area contributed by atoms with Gasteiger partial charge in [0.2, 0.25) is 5.88 Å². The van der Waals surface area contributed by atoms with Crippen LogP contribution >= 0.6 is 0 Å². The lowest BCUT2D eigenvalue weighted by molar-refractivity contribution is 0.111. The highest BCUT2D eigenvalue weighted by Gasteiger charge is 2.24. The maximum absolute atomic E-state index is 12.4. The number of amides is 2. The molecule has 0 radical (unpaired) electrons. The fourth-order valence-corrected chi connectivity index (χ4v) is 2.79. The molecule has 1 aliphatic heterocycles. The highest BCUT2D eigenvalue weighted by atomic mass is 16.5. The lowest BCUT2D eigenvalue weighted by Crippen LogP contribution is -2.43. The van der Waals surface area contributed by atoms with Crippen LogP contribution in [-0.2, 0) is 0 Å². The van der Waals surface area contributed by atoms with Crippen molar-refractivity contribution in [2.45, 2.75) is 25.9 Å². The Bertz CT molecular complexity index is 730. The van der Waals surface area contributed by atoms with E-state index in [4.69, 9.17) is 9.47 Å². The van der Waals surface area contributed by atoms with Crippen molar-refractivity contribution in [2.75, 3.05) is 25.5 Å². The minimum atomic E-state index is -0.124. The van der Waals surface area contributed by atoms with Gasteiger partial charge in [0.25, 0.3) is 0 Å². The number of ether oxygens (including phenoxy) is 2. The van der Waals surface area contributed by atoms with Crippen LogP contribution in [0.1, 0.15) is 18.7 Å². The third kappa shape index (κ3) is 4.37. The summed E-state index contributed by atoms with van der Waals surface area (Å²) in [7, 11) is 1.59. The lowest BCUT2D eigenvalue weighted by Gasteiger charge is -2.32. The minimum absolute atomic E-state index is 0.0598. The molecular formula is C18H22N4O3. The molecule has 1 saturated heterocycles. The topological polar surface area (TPSA) is 76.6 Å². The first-order valence-electron chi connectivity index (χ1n) is 8.31. The summed E-state index contributed by atoms with van der Waals surface area (Å²) >= 11 is 0. The molecule has 0 spiro atoms. The molecule has 0 saturated carbocycles. The Morgan fingerprint density at radius 3 is 2.72 bits per heavy atom. The van der Waals surface area contributed by atoms with Crippen LogP contribution in [0.15, 0.2) is 36.5 Å². The average Bonchev–Trinajstić information content (AvgIpc) is 2.63. The molecule has 1 aromatic carbocycles. The van der Waals surface area contributed by atoms with Crippen LogP contribution in [0.4, 0.5) is 10.5 Å². The second-order valence-corrected chi connectivity index (χ2v) is 5.88. The number of hydrogen-bond acceptors (Lipinski definition) is 5. The number of piperidine rings is 1. The Morgan fingerprint density at radius 1 is 1.24 bits per heavy atom. The van der Waals surface area contributed by atoms with Gasteiger partial charge in [0.1, 0.15) is 17.7 Å². The molecule has 7 heteroatoms. The van der Waals surface area contributed by atoms with E-state index in [2.05, 4.69) is 15.3 Å². The van der Waals surface area contributed by atoms with Crippen LogP contribution in [0, 0.1) is 6.92 Å². The normalized spacial score (nSPS) is 14.9. The fourth-order valence-electron chi connectivity index (χ4n) is 2.79. The van der Waals surface area contributed by atoms with E-state index in [9.17, 15) is 4.79 Å². The van der Waals surface area contributed by atoms with Crippen molar-refractivity contribution >= 4 is 11.7 Å². The van der Waals surface area contributed by atoms with Gasteiger partial charge in [0, 0.05) is 38.2 Å². The molecule has 25 heavy (non-hydrogen) atoms. The molecule has 0 atom stereocenters. The third-order valence-corrected chi connectivity index (χ3v) is 4.12. The van der Waals surface area contributed by atoms with Crippen LogP contribution in [-0.4, -0.2) is 47.2 Å². The average molecular weight is 342 g/mol. The highest BCUT2D eigenvalue weighted by Crippen LogP contribution is 2.24. The summed E-state index contributed by atoms with van der Waals surface area (Å²) in [4.78, 5) is 22.5. The molecule has 132 valence electrons. The largest absolute Gasteiger partial charge is 0.495 e. The number of benzene rings is 1. The number of nitrogens with one attached hydrogen (secondary N) is 1. The Hall–Kier alpha value is -2.83. The van der Waals surface area contributed by atoms with Crippen LogP contribution in [0.2, 0.25) is 0 Å². The maximum atomic E-state index is 12.4. The molecule has 0 bridgehead atoms. The maximum Gasteiger partial charge on any atom is 0.321 e. The number of rotatable bonds is 4. The quantitative estimate of drug-likeness (QED) is 0.924. The smallest absolute Gasteiger partial charge is 0.321 e. The van der Waals surface area contributed by atoms with Gasteiger partial charge in [-0.05, 0) is 19.1 Å². The summed E-state index contributed by atoms with van der Waals surface area (Å²) in [5.41, 5.74) is 0.671. The van der Waals surface area contributed by atoms with Gasteiger partial charge >= 0.3 is 6.03 Å². The second-order valence-electron chi connectivity index (χ2n) is 5.88. The predicted octanol–water partition coefficient (Wildman–Crippen LogP) is 2.87. The first-order chi connectivity index (χ1) is 12.2. The van der Waals surface area contributed by atoms with Crippen LogP contribution in [0.3, 0.4) is 0 Å². The first kappa shape index (κ1) is 17.0. The van der Waals surface area contributed by atoms with Crippen molar-refractivity contribution in [3.8, 4) is 11.6 Å². The molecule has 1 aliphatic rings. The summed E-state index contributed by atoms with van der Waals surface area (Å²) in [6.07, 6.45) is 3.28. The second kappa shape index (κ2) is 7.83. The number of likely N-dealkylation sites (tertiary alicyclic amines) is 1. The van der Waals surface area contributed by atoms with Crippen molar-refractivity contribution in [3.05, 3.63) is 42.4 Å². The van der Waals surface area contributed by atoms with E-state index in [1.54, 1.807) is 24.3 Å². The number of anilines is 1. The number of para-hydroxylation sites is 2. The van der Waals surface area contributed by atoms with E-state index < -0.39 is 0 Å². The number of aryl methyl sites for hydroxylation is 1. The van der Waals surface area contributed by atoms with E-state index in [0.717, 1.165) is 12.8 Å². The van der Waals surface area contributed by atoms with Crippen LogP contribution in [0.25, 0.3) is 0 Å². The Balaban J connectivity index is 1.52. The van der Waals surface area contributed by atoms with Gasteiger partial charge in [-0.3, -0.25) is 0 Å². The molecule has 3 rings (SSSR count). The SMILES string of the molecule is COc1ccccc1NC(=O)N1CCC(Oc2ccnc(C)n2)CC1. The standard InChI is InChI=1S/C18H22N4O3/c1-13-19-10-7-17(20-13)25-14-8-11-22(12-9-14)18(23)21-15-5-3-4-6-16(15)24-2/h3-7,10,14H,8-9,11-12H2,1-2H3,(H,21,23). The number of hydrogen-bond donors (Lipinski definition) is 1. The molecule has 7 nitrogen and oxygen atoms in total. The molecule has 1 N–H and O–H groups in total. The van der Waals surface area contributed by atoms with Gasteiger partial charge in [0.15, 0.2) is 0 Å². The lowest BCUT2D eigenvalue weighted by atomic mass is 10.1. The van der Waals surface area contributed by atoms with E-state index >= 15 is 0 Å².